The van der Waals surface area contributed by atoms with Gasteiger partial charge >= 0.3 is 0 Å². The highest BCUT2D eigenvalue weighted by Crippen LogP contribution is 2.16. The van der Waals surface area contributed by atoms with Crippen molar-refractivity contribution < 1.29 is 5.11 Å². The van der Waals surface area contributed by atoms with Gasteiger partial charge in [-0.15, -0.1) is 0 Å². The molecule has 3 heteroatoms. The maximum Gasteiger partial charge on any atom is 0.0658 e. The second kappa shape index (κ2) is 4.23. The highest BCUT2D eigenvalue weighted by molar-refractivity contribution is 5.43. The molecule has 0 fully saturated rings. The average molecular weight is 180 g/mol. The molecule has 72 valence electrons. The number of hydrogen-bond donors (Lipinski definition) is 2. The Morgan fingerprint density at radius 2 is 2.08 bits per heavy atom. The summed E-state index contributed by atoms with van der Waals surface area (Å²) in [5.74, 6) is 0. The Balaban J connectivity index is 2.68. The summed E-state index contributed by atoms with van der Waals surface area (Å²) in [4.78, 5) is 3.92. The molecular weight excluding hydrogens is 164 g/mol. The first-order valence-corrected chi connectivity index (χ1v) is 4.49. The van der Waals surface area contributed by atoms with Crippen molar-refractivity contribution in [2.75, 3.05) is 11.9 Å². The molecule has 0 amide bonds. The smallest absolute Gasteiger partial charge is 0.0658 e. The summed E-state index contributed by atoms with van der Waals surface area (Å²) < 4.78 is 0. The summed E-state index contributed by atoms with van der Waals surface area (Å²) in [6.45, 7) is 4.17. The molecule has 0 aliphatic heterocycles. The molecule has 1 heterocycles. The Hall–Kier alpha value is -1.09. The van der Waals surface area contributed by atoms with Gasteiger partial charge in [-0.2, -0.15) is 0 Å². The van der Waals surface area contributed by atoms with Crippen molar-refractivity contribution in [1.29, 1.82) is 0 Å². The van der Waals surface area contributed by atoms with Gasteiger partial charge in [0.25, 0.3) is 0 Å². The van der Waals surface area contributed by atoms with Crippen LogP contribution in [0.1, 0.15) is 20.3 Å². The molecule has 3 nitrogen and oxygen atoms in total. The normalized spacial score (nSPS) is 15.0. The van der Waals surface area contributed by atoms with E-state index in [1.54, 1.807) is 12.4 Å². The van der Waals surface area contributed by atoms with Gasteiger partial charge in [0.1, 0.15) is 0 Å². The van der Waals surface area contributed by atoms with Crippen LogP contribution in [0, 0.1) is 0 Å². The summed E-state index contributed by atoms with van der Waals surface area (Å²) in [6, 6.07) is 3.78. The first kappa shape index (κ1) is 9.99. The lowest BCUT2D eigenvalue weighted by molar-refractivity contribution is 0.219. The third-order valence-electron chi connectivity index (χ3n) is 2.26. The predicted octanol–water partition coefficient (Wildman–Crippen LogP) is 1.65. The van der Waals surface area contributed by atoms with Crippen molar-refractivity contribution in [2.24, 2.45) is 0 Å². The van der Waals surface area contributed by atoms with Crippen LogP contribution in [-0.2, 0) is 0 Å². The number of nitrogens with zero attached hydrogens (tertiary/aromatic N) is 1. The van der Waals surface area contributed by atoms with E-state index in [1.165, 1.54) is 0 Å². The average Bonchev–Trinajstić information content (AvgIpc) is 2.19. The molecule has 1 aromatic heterocycles. The van der Waals surface area contributed by atoms with E-state index >= 15 is 0 Å². The fourth-order valence-corrected chi connectivity index (χ4v) is 1.02. The van der Waals surface area contributed by atoms with Crippen molar-refractivity contribution in [3.8, 4) is 0 Å². The second-order valence-corrected chi connectivity index (χ2v) is 3.43. The lowest BCUT2D eigenvalue weighted by Crippen LogP contribution is -2.37. The Labute approximate surface area is 78.8 Å². The number of aromatic nitrogens is 1. The van der Waals surface area contributed by atoms with E-state index in [1.807, 2.05) is 26.0 Å². The molecule has 0 aliphatic carbocycles. The van der Waals surface area contributed by atoms with Gasteiger partial charge in [-0.3, -0.25) is 4.98 Å². The number of aliphatic hydroxyl groups excluding tert-OH is 1. The highest BCUT2D eigenvalue weighted by Gasteiger charge is 2.19. The zero-order chi connectivity index (χ0) is 9.73. The molecular formula is C10H16N2O. The molecule has 0 aromatic carbocycles. The van der Waals surface area contributed by atoms with Gasteiger partial charge < -0.3 is 10.4 Å². The SMILES string of the molecule is CCC(C)(CO)Nc1ccncc1. The number of aliphatic hydroxyl groups is 1. The number of hydrogen-bond acceptors (Lipinski definition) is 3. The Morgan fingerprint density at radius 1 is 1.46 bits per heavy atom. The van der Waals surface area contributed by atoms with E-state index in [0.717, 1.165) is 12.1 Å². The zero-order valence-electron chi connectivity index (χ0n) is 8.12. The molecule has 0 saturated heterocycles. The molecule has 0 radical (unpaired) electrons. The van der Waals surface area contributed by atoms with Crippen molar-refractivity contribution in [1.82, 2.24) is 4.98 Å². The maximum absolute atomic E-state index is 9.17. The molecule has 1 atom stereocenters. The van der Waals surface area contributed by atoms with E-state index in [9.17, 15) is 0 Å². The maximum atomic E-state index is 9.17. The summed E-state index contributed by atoms with van der Waals surface area (Å²) >= 11 is 0. The summed E-state index contributed by atoms with van der Waals surface area (Å²) in [5, 5.41) is 12.4. The summed E-state index contributed by atoms with van der Waals surface area (Å²) in [6.07, 6.45) is 4.34. The molecule has 1 rings (SSSR count). The Kier molecular flexibility index (Phi) is 3.25. The van der Waals surface area contributed by atoms with Crippen LogP contribution in [0.4, 0.5) is 5.69 Å². The molecule has 0 aliphatic rings. The van der Waals surface area contributed by atoms with Crippen LogP contribution in [0.5, 0.6) is 0 Å². The third-order valence-corrected chi connectivity index (χ3v) is 2.26. The fraction of sp³-hybridized carbons (Fsp3) is 0.500. The molecule has 0 saturated carbocycles. The van der Waals surface area contributed by atoms with Crippen molar-refractivity contribution >= 4 is 5.69 Å². The van der Waals surface area contributed by atoms with Gasteiger partial charge in [-0.1, -0.05) is 6.92 Å². The monoisotopic (exact) mass is 180 g/mol. The number of rotatable bonds is 4. The van der Waals surface area contributed by atoms with E-state index in [0.29, 0.717) is 0 Å². The van der Waals surface area contributed by atoms with E-state index in [-0.39, 0.29) is 12.1 Å². The quantitative estimate of drug-likeness (QED) is 0.740. The van der Waals surface area contributed by atoms with Gasteiger partial charge in [-0.25, -0.2) is 0 Å². The fourth-order valence-electron chi connectivity index (χ4n) is 1.02. The lowest BCUT2D eigenvalue weighted by Gasteiger charge is -2.28. The van der Waals surface area contributed by atoms with Crippen LogP contribution in [0.25, 0.3) is 0 Å². The molecule has 0 spiro atoms. The lowest BCUT2D eigenvalue weighted by atomic mass is 10.00. The molecule has 2 N–H and O–H groups in total. The van der Waals surface area contributed by atoms with E-state index in [2.05, 4.69) is 10.3 Å². The Bertz CT molecular complexity index is 244. The van der Waals surface area contributed by atoms with Gasteiger partial charge in [0.2, 0.25) is 0 Å². The van der Waals surface area contributed by atoms with Crippen LogP contribution in [-0.4, -0.2) is 22.2 Å². The van der Waals surface area contributed by atoms with Crippen molar-refractivity contribution in [2.45, 2.75) is 25.8 Å². The number of pyridine rings is 1. The highest BCUT2D eigenvalue weighted by atomic mass is 16.3. The Morgan fingerprint density at radius 3 is 2.54 bits per heavy atom. The van der Waals surface area contributed by atoms with Gasteiger partial charge in [0.05, 0.1) is 12.1 Å². The summed E-state index contributed by atoms with van der Waals surface area (Å²) in [7, 11) is 0. The van der Waals surface area contributed by atoms with Crippen LogP contribution in [0.15, 0.2) is 24.5 Å². The zero-order valence-corrected chi connectivity index (χ0v) is 8.12. The predicted molar refractivity (Wildman–Crippen MR) is 53.6 cm³/mol. The standard InChI is InChI=1S/C10H16N2O/c1-3-10(2,8-13)12-9-4-6-11-7-5-9/h4-7,13H,3,8H2,1-2H3,(H,11,12). The molecule has 13 heavy (non-hydrogen) atoms. The van der Waals surface area contributed by atoms with Crippen LogP contribution < -0.4 is 5.32 Å². The molecule has 0 bridgehead atoms. The topological polar surface area (TPSA) is 45.1 Å². The first-order valence-electron chi connectivity index (χ1n) is 4.49. The van der Waals surface area contributed by atoms with Gasteiger partial charge in [0.15, 0.2) is 0 Å². The minimum absolute atomic E-state index is 0.131. The van der Waals surface area contributed by atoms with Crippen molar-refractivity contribution in [3.05, 3.63) is 24.5 Å². The number of anilines is 1. The minimum Gasteiger partial charge on any atom is -0.394 e. The first-order chi connectivity index (χ1) is 6.20. The van der Waals surface area contributed by atoms with Gasteiger partial charge in [-0.05, 0) is 25.5 Å². The minimum atomic E-state index is -0.235. The van der Waals surface area contributed by atoms with Crippen LogP contribution in [0.2, 0.25) is 0 Å². The number of nitrogens with one attached hydrogen (secondary N) is 1. The van der Waals surface area contributed by atoms with Crippen LogP contribution >= 0.6 is 0 Å². The van der Waals surface area contributed by atoms with E-state index in [4.69, 9.17) is 5.11 Å². The molecule has 1 aromatic rings. The van der Waals surface area contributed by atoms with Gasteiger partial charge in [0, 0.05) is 18.1 Å². The second-order valence-electron chi connectivity index (χ2n) is 3.43. The van der Waals surface area contributed by atoms with Crippen molar-refractivity contribution in [3.63, 3.8) is 0 Å². The largest absolute Gasteiger partial charge is 0.394 e. The van der Waals surface area contributed by atoms with E-state index < -0.39 is 0 Å². The third kappa shape index (κ3) is 2.70. The van der Waals surface area contributed by atoms with Crippen LogP contribution in [0.3, 0.4) is 0 Å². The summed E-state index contributed by atoms with van der Waals surface area (Å²) in [5.41, 5.74) is 0.759. The molecule has 1 unspecified atom stereocenters.